The van der Waals surface area contributed by atoms with Gasteiger partial charge in [0, 0.05) is 6.07 Å². The summed E-state index contributed by atoms with van der Waals surface area (Å²) in [6.45, 7) is -0.734. The van der Waals surface area contributed by atoms with Crippen molar-refractivity contribution in [1.29, 1.82) is 0 Å². The van der Waals surface area contributed by atoms with E-state index in [1.165, 1.54) is 24.3 Å². The van der Waals surface area contributed by atoms with E-state index in [2.05, 4.69) is 4.74 Å². The summed E-state index contributed by atoms with van der Waals surface area (Å²) in [5.74, 6) is -3.44. The average molecular weight is 367 g/mol. The van der Waals surface area contributed by atoms with Gasteiger partial charge in [-0.2, -0.15) is 0 Å². The monoisotopic (exact) mass is 367 g/mol. The Morgan fingerprint density at radius 2 is 1.88 bits per heavy atom. The molecule has 130 valence electrons. The van der Waals surface area contributed by atoms with Gasteiger partial charge < -0.3 is 4.74 Å². The number of carbonyl (C=O) groups is 3. The SMILES string of the molecule is O=C(COC(=O)c1ccc([N+](=O)[O-])s1)NNC(=O)c1ccccc1F. The second-order valence-corrected chi connectivity index (χ2v) is 5.52. The van der Waals surface area contributed by atoms with Crippen LogP contribution in [0.2, 0.25) is 0 Å². The zero-order valence-corrected chi connectivity index (χ0v) is 13.2. The van der Waals surface area contributed by atoms with Crippen molar-refractivity contribution in [3.8, 4) is 0 Å². The summed E-state index contributed by atoms with van der Waals surface area (Å²) >= 11 is 0.601. The molecule has 25 heavy (non-hydrogen) atoms. The normalized spacial score (nSPS) is 9.96. The fourth-order valence-corrected chi connectivity index (χ4v) is 2.33. The molecule has 0 aliphatic carbocycles. The van der Waals surface area contributed by atoms with Gasteiger partial charge in [0.1, 0.15) is 10.7 Å². The number of hydrogen-bond acceptors (Lipinski definition) is 7. The lowest BCUT2D eigenvalue weighted by Gasteiger charge is -2.08. The van der Waals surface area contributed by atoms with Gasteiger partial charge in [-0.3, -0.25) is 30.6 Å². The maximum absolute atomic E-state index is 13.4. The number of carbonyl (C=O) groups excluding carboxylic acids is 3. The molecule has 0 atom stereocenters. The number of nitrogens with zero attached hydrogens (tertiary/aromatic N) is 1. The second-order valence-electron chi connectivity index (χ2n) is 4.45. The van der Waals surface area contributed by atoms with Crippen molar-refractivity contribution in [2.24, 2.45) is 0 Å². The number of halogens is 1. The van der Waals surface area contributed by atoms with Crippen LogP contribution in [-0.2, 0) is 9.53 Å². The number of benzene rings is 1. The molecule has 0 saturated carbocycles. The van der Waals surface area contributed by atoms with E-state index in [9.17, 15) is 28.9 Å². The average Bonchev–Trinajstić information content (AvgIpc) is 3.08. The Labute approximate surface area is 143 Å². The first-order valence-corrected chi connectivity index (χ1v) is 7.45. The predicted octanol–water partition coefficient (Wildman–Crippen LogP) is 1.41. The van der Waals surface area contributed by atoms with Crippen LogP contribution in [0, 0.1) is 15.9 Å². The molecule has 0 aliphatic heterocycles. The summed E-state index contributed by atoms with van der Waals surface area (Å²) in [5.41, 5.74) is 3.64. The van der Waals surface area contributed by atoms with Crippen LogP contribution >= 0.6 is 11.3 Å². The molecule has 0 fully saturated rings. The summed E-state index contributed by atoms with van der Waals surface area (Å²) in [7, 11) is 0. The third kappa shape index (κ3) is 4.81. The van der Waals surface area contributed by atoms with Crippen molar-refractivity contribution in [3.05, 3.63) is 62.8 Å². The maximum Gasteiger partial charge on any atom is 0.349 e. The highest BCUT2D eigenvalue weighted by atomic mass is 32.1. The Kier molecular flexibility index (Phi) is 5.74. The number of rotatable bonds is 5. The first-order valence-electron chi connectivity index (χ1n) is 6.63. The van der Waals surface area contributed by atoms with E-state index in [1.807, 2.05) is 10.9 Å². The fraction of sp³-hybridized carbons (Fsp3) is 0.0714. The van der Waals surface area contributed by atoms with Crippen LogP contribution in [0.15, 0.2) is 36.4 Å². The molecule has 0 unspecified atom stereocenters. The molecule has 0 radical (unpaired) electrons. The molecule has 2 rings (SSSR count). The molecule has 1 heterocycles. The number of hydrogen-bond donors (Lipinski definition) is 2. The molecule has 2 N–H and O–H groups in total. The van der Waals surface area contributed by atoms with E-state index in [-0.39, 0.29) is 15.4 Å². The van der Waals surface area contributed by atoms with Gasteiger partial charge in [-0.1, -0.05) is 23.5 Å². The molecule has 9 nitrogen and oxygen atoms in total. The van der Waals surface area contributed by atoms with Crippen LogP contribution in [0.5, 0.6) is 0 Å². The van der Waals surface area contributed by atoms with E-state index in [0.29, 0.717) is 11.3 Å². The highest BCUT2D eigenvalue weighted by Crippen LogP contribution is 2.24. The summed E-state index contributed by atoms with van der Waals surface area (Å²) in [4.78, 5) is 44.6. The second kappa shape index (κ2) is 7.97. The minimum atomic E-state index is -0.923. The largest absolute Gasteiger partial charge is 0.451 e. The summed E-state index contributed by atoms with van der Waals surface area (Å²) in [6, 6.07) is 7.49. The number of nitro groups is 1. The van der Waals surface area contributed by atoms with Crippen molar-refractivity contribution in [2.75, 3.05) is 6.61 Å². The zero-order valence-electron chi connectivity index (χ0n) is 12.4. The number of thiophene rings is 1. The van der Waals surface area contributed by atoms with E-state index in [0.717, 1.165) is 12.1 Å². The standard InChI is InChI=1S/C14H10FN3O6S/c15-9-4-2-1-3-8(9)13(20)17-16-11(19)7-24-14(21)10-5-6-12(25-10)18(22)23/h1-6H,7H2,(H,16,19)(H,17,20). The summed E-state index contributed by atoms with van der Waals surface area (Å²) in [6.07, 6.45) is 0. The molecule has 0 saturated heterocycles. The van der Waals surface area contributed by atoms with Gasteiger partial charge in [-0.15, -0.1) is 0 Å². The van der Waals surface area contributed by atoms with Crippen LogP contribution in [0.1, 0.15) is 20.0 Å². The molecule has 2 aromatic rings. The Bertz CT molecular complexity index is 837. The van der Waals surface area contributed by atoms with Gasteiger partial charge in [-0.05, 0) is 18.2 Å². The molecule has 1 aromatic heterocycles. The summed E-state index contributed by atoms with van der Waals surface area (Å²) < 4.78 is 18.0. The zero-order chi connectivity index (χ0) is 18.4. The lowest BCUT2D eigenvalue weighted by atomic mass is 10.2. The Morgan fingerprint density at radius 1 is 1.16 bits per heavy atom. The first-order chi connectivity index (χ1) is 11.9. The molecular weight excluding hydrogens is 357 g/mol. The number of hydrazine groups is 1. The first kappa shape index (κ1) is 18.0. The number of amides is 2. The van der Waals surface area contributed by atoms with Crippen LogP contribution in [0.25, 0.3) is 0 Å². The molecule has 0 bridgehead atoms. The number of esters is 1. The number of ether oxygens (including phenoxy) is 1. The van der Waals surface area contributed by atoms with Crippen LogP contribution < -0.4 is 10.9 Å². The van der Waals surface area contributed by atoms with Crippen molar-refractivity contribution >= 4 is 34.1 Å². The Morgan fingerprint density at radius 3 is 2.52 bits per heavy atom. The minimum absolute atomic E-state index is 0.0464. The molecule has 0 spiro atoms. The highest BCUT2D eigenvalue weighted by molar-refractivity contribution is 7.17. The van der Waals surface area contributed by atoms with Gasteiger partial charge >= 0.3 is 11.0 Å². The lowest BCUT2D eigenvalue weighted by molar-refractivity contribution is -0.380. The van der Waals surface area contributed by atoms with Gasteiger partial charge in [0.2, 0.25) is 0 Å². The molecular formula is C14H10FN3O6S. The van der Waals surface area contributed by atoms with E-state index >= 15 is 0 Å². The van der Waals surface area contributed by atoms with Gasteiger partial charge in [0.05, 0.1) is 10.5 Å². The van der Waals surface area contributed by atoms with Crippen molar-refractivity contribution in [1.82, 2.24) is 10.9 Å². The van der Waals surface area contributed by atoms with Crippen LogP contribution in [0.4, 0.5) is 9.39 Å². The van der Waals surface area contributed by atoms with Crippen molar-refractivity contribution in [2.45, 2.75) is 0 Å². The van der Waals surface area contributed by atoms with Gasteiger partial charge in [0.15, 0.2) is 6.61 Å². The van der Waals surface area contributed by atoms with E-state index in [1.54, 1.807) is 0 Å². The van der Waals surface area contributed by atoms with E-state index < -0.39 is 35.1 Å². The third-order valence-electron chi connectivity index (χ3n) is 2.74. The van der Waals surface area contributed by atoms with E-state index in [4.69, 9.17) is 0 Å². The fourth-order valence-electron chi connectivity index (χ4n) is 1.61. The van der Waals surface area contributed by atoms with Gasteiger partial charge in [0.25, 0.3) is 11.8 Å². The lowest BCUT2D eigenvalue weighted by Crippen LogP contribution is -2.43. The molecule has 11 heteroatoms. The summed E-state index contributed by atoms with van der Waals surface area (Å²) in [5, 5.41) is 10.3. The topological polar surface area (TPSA) is 128 Å². The van der Waals surface area contributed by atoms with Crippen molar-refractivity contribution < 1.29 is 28.4 Å². The maximum atomic E-state index is 13.4. The van der Waals surface area contributed by atoms with Crippen LogP contribution in [-0.4, -0.2) is 29.3 Å². The van der Waals surface area contributed by atoms with Crippen molar-refractivity contribution in [3.63, 3.8) is 0 Å². The Balaban J connectivity index is 1.80. The Hall–Kier alpha value is -3.34. The molecule has 0 aliphatic rings. The predicted molar refractivity (Wildman–Crippen MR) is 83.3 cm³/mol. The molecule has 2 amide bonds. The smallest absolute Gasteiger partial charge is 0.349 e. The third-order valence-corrected chi connectivity index (χ3v) is 3.76. The van der Waals surface area contributed by atoms with Crippen LogP contribution in [0.3, 0.4) is 0 Å². The minimum Gasteiger partial charge on any atom is -0.451 e. The van der Waals surface area contributed by atoms with Gasteiger partial charge in [-0.25, -0.2) is 9.18 Å². The molecule has 1 aromatic carbocycles. The highest BCUT2D eigenvalue weighted by Gasteiger charge is 2.18. The quantitative estimate of drug-likeness (QED) is 0.467. The number of nitrogens with one attached hydrogen (secondary N) is 2.